The summed E-state index contributed by atoms with van der Waals surface area (Å²) in [6, 6.07) is 17.7. The van der Waals surface area contributed by atoms with E-state index in [1.807, 2.05) is 48.5 Å². The number of aliphatic hydroxyl groups is 1. The van der Waals surface area contributed by atoms with Gasteiger partial charge in [0.2, 0.25) is 0 Å². The van der Waals surface area contributed by atoms with E-state index in [0.717, 1.165) is 26.3 Å². The van der Waals surface area contributed by atoms with Gasteiger partial charge in [-0.25, -0.2) is 4.98 Å². The van der Waals surface area contributed by atoms with E-state index in [2.05, 4.69) is 36.9 Å². The van der Waals surface area contributed by atoms with Crippen molar-refractivity contribution in [2.24, 2.45) is 4.99 Å². The Morgan fingerprint density at radius 2 is 2.00 bits per heavy atom. The number of fused-ring (bicyclic) bond motifs is 1. The lowest BCUT2D eigenvalue weighted by Crippen LogP contribution is -2.39. The number of benzene rings is 2. The maximum Gasteiger partial charge on any atom is 0.191 e. The zero-order valence-electron chi connectivity index (χ0n) is 17.3. The number of nitrogens with one attached hydrogen (secondary N) is 3. The topological polar surface area (TPSA) is 107 Å². The molecule has 4 N–H and O–H groups in total. The zero-order chi connectivity index (χ0) is 21.6. The number of aliphatic hydroxyl groups excluding tert-OH is 1. The molecule has 9 heteroatoms. The highest BCUT2D eigenvalue weighted by Crippen LogP contribution is 2.29. The van der Waals surface area contributed by atoms with Gasteiger partial charge in [-0.1, -0.05) is 18.2 Å². The zero-order valence-corrected chi connectivity index (χ0v) is 18.1. The van der Waals surface area contributed by atoms with Crippen LogP contribution in [0, 0.1) is 0 Å². The van der Waals surface area contributed by atoms with Crippen molar-refractivity contribution in [1.82, 2.24) is 25.8 Å². The Morgan fingerprint density at radius 3 is 2.74 bits per heavy atom. The third kappa shape index (κ3) is 5.01. The molecular formula is C22H24N6O2S. The smallest absolute Gasteiger partial charge is 0.191 e. The van der Waals surface area contributed by atoms with Crippen LogP contribution in [-0.4, -0.2) is 46.9 Å². The fraction of sp³-hybridized carbons (Fsp3) is 0.227. The molecule has 0 amide bonds. The molecule has 2 heterocycles. The summed E-state index contributed by atoms with van der Waals surface area (Å²) in [4.78, 5) is 9.64. The average Bonchev–Trinajstić information content (AvgIpc) is 3.46. The Bertz CT molecular complexity index is 1140. The summed E-state index contributed by atoms with van der Waals surface area (Å²) >= 11 is 1.60. The van der Waals surface area contributed by atoms with Gasteiger partial charge in [0.1, 0.15) is 17.7 Å². The van der Waals surface area contributed by atoms with Crippen molar-refractivity contribution >= 4 is 27.4 Å². The van der Waals surface area contributed by atoms with E-state index in [9.17, 15) is 5.11 Å². The molecule has 8 nitrogen and oxygen atoms in total. The molecule has 0 aliphatic rings. The Labute approximate surface area is 184 Å². The van der Waals surface area contributed by atoms with Gasteiger partial charge in [0.15, 0.2) is 11.8 Å². The van der Waals surface area contributed by atoms with E-state index in [4.69, 9.17) is 4.74 Å². The van der Waals surface area contributed by atoms with E-state index in [-0.39, 0.29) is 0 Å². The lowest BCUT2D eigenvalue weighted by Gasteiger charge is -2.13. The molecule has 1 atom stereocenters. The minimum Gasteiger partial charge on any atom is -0.497 e. The van der Waals surface area contributed by atoms with Crippen molar-refractivity contribution in [3.05, 3.63) is 65.3 Å². The Kier molecular flexibility index (Phi) is 6.44. The van der Waals surface area contributed by atoms with Gasteiger partial charge in [0, 0.05) is 28.7 Å². The van der Waals surface area contributed by atoms with Crippen LogP contribution in [-0.2, 0) is 6.54 Å². The Hall–Kier alpha value is -3.43. The second-order valence-electron chi connectivity index (χ2n) is 6.84. The molecule has 4 rings (SSSR count). The summed E-state index contributed by atoms with van der Waals surface area (Å²) < 4.78 is 6.34. The molecule has 31 heavy (non-hydrogen) atoms. The first-order valence-corrected chi connectivity index (χ1v) is 10.6. The lowest BCUT2D eigenvalue weighted by atomic mass is 10.2. The first-order chi connectivity index (χ1) is 15.2. The van der Waals surface area contributed by atoms with E-state index in [1.54, 1.807) is 25.5 Å². The van der Waals surface area contributed by atoms with Crippen LogP contribution in [0.25, 0.3) is 21.5 Å². The number of thiophene rings is 1. The van der Waals surface area contributed by atoms with Crippen LogP contribution in [0.15, 0.2) is 59.6 Å². The number of methoxy groups -OCH3 is 1. The number of hydrogen-bond donors (Lipinski definition) is 4. The molecule has 0 saturated heterocycles. The molecule has 0 radical (unpaired) electrons. The van der Waals surface area contributed by atoms with E-state index in [0.29, 0.717) is 30.7 Å². The van der Waals surface area contributed by atoms with Crippen LogP contribution >= 0.6 is 11.3 Å². The summed E-state index contributed by atoms with van der Waals surface area (Å²) in [6.07, 6.45) is -0.622. The molecular weight excluding hydrogens is 412 g/mol. The number of guanidine groups is 1. The molecule has 0 aliphatic carbocycles. The number of rotatable bonds is 7. The third-order valence-corrected chi connectivity index (χ3v) is 5.98. The number of hydrogen-bond acceptors (Lipinski definition) is 6. The quantitative estimate of drug-likeness (QED) is 0.262. The summed E-state index contributed by atoms with van der Waals surface area (Å²) in [5.41, 5.74) is 0.900. The highest BCUT2D eigenvalue weighted by Gasteiger charge is 2.13. The summed E-state index contributed by atoms with van der Waals surface area (Å²) in [5.74, 6) is 2.65. The minimum absolute atomic E-state index is 0.347. The maximum absolute atomic E-state index is 10.5. The third-order valence-electron chi connectivity index (χ3n) is 4.76. The predicted octanol–water partition coefficient (Wildman–Crippen LogP) is 3.09. The van der Waals surface area contributed by atoms with Gasteiger partial charge in [0.05, 0.1) is 13.7 Å². The Balaban J connectivity index is 1.30. The highest BCUT2D eigenvalue weighted by molar-refractivity contribution is 7.19. The van der Waals surface area contributed by atoms with Gasteiger partial charge < -0.3 is 20.5 Å². The highest BCUT2D eigenvalue weighted by atomic mass is 32.1. The molecule has 2 aromatic carbocycles. The first kappa shape index (κ1) is 20.8. The number of H-pyrrole nitrogens is 1. The molecule has 0 spiro atoms. The van der Waals surface area contributed by atoms with Crippen LogP contribution in [0.2, 0.25) is 0 Å². The molecule has 4 aromatic rings. The summed E-state index contributed by atoms with van der Waals surface area (Å²) in [7, 11) is 3.32. The van der Waals surface area contributed by atoms with Gasteiger partial charge in [-0.2, -0.15) is 5.10 Å². The van der Waals surface area contributed by atoms with Gasteiger partial charge in [0.25, 0.3) is 0 Å². The van der Waals surface area contributed by atoms with Crippen molar-refractivity contribution in [3.8, 4) is 17.1 Å². The van der Waals surface area contributed by atoms with Gasteiger partial charge in [-0.05, 0) is 41.8 Å². The number of aromatic nitrogens is 3. The molecule has 0 saturated carbocycles. The molecule has 1 unspecified atom stereocenters. The van der Waals surface area contributed by atoms with Crippen LogP contribution < -0.4 is 15.4 Å². The van der Waals surface area contributed by atoms with Crippen molar-refractivity contribution in [3.63, 3.8) is 0 Å². The number of nitrogens with zero attached hydrogens (tertiary/aromatic N) is 3. The normalized spacial score (nSPS) is 12.7. The standard InChI is InChI=1S/C22H24N6O2S/c1-23-22(24-12-17(29)19-11-15-5-3-4-6-18(15)31-19)25-13-20-26-21(28-27-20)14-7-9-16(30-2)10-8-14/h3-11,17,29H,12-13H2,1-2H3,(H2,23,24,25)(H,26,27,28). The largest absolute Gasteiger partial charge is 0.497 e. The van der Waals surface area contributed by atoms with E-state index < -0.39 is 6.10 Å². The second kappa shape index (κ2) is 9.59. The van der Waals surface area contributed by atoms with Crippen molar-refractivity contribution in [2.75, 3.05) is 20.7 Å². The Morgan fingerprint density at radius 1 is 1.19 bits per heavy atom. The van der Waals surface area contributed by atoms with E-state index in [1.165, 1.54) is 0 Å². The predicted molar refractivity (Wildman–Crippen MR) is 123 cm³/mol. The van der Waals surface area contributed by atoms with Crippen molar-refractivity contribution in [1.29, 1.82) is 0 Å². The van der Waals surface area contributed by atoms with Crippen molar-refractivity contribution < 1.29 is 9.84 Å². The van der Waals surface area contributed by atoms with Gasteiger partial charge in [-0.15, -0.1) is 11.3 Å². The monoisotopic (exact) mass is 436 g/mol. The minimum atomic E-state index is -0.622. The lowest BCUT2D eigenvalue weighted by molar-refractivity contribution is 0.184. The number of aromatic amines is 1. The number of aliphatic imine (C=N–C) groups is 1. The first-order valence-electron chi connectivity index (χ1n) is 9.83. The summed E-state index contributed by atoms with van der Waals surface area (Å²) in [6.45, 7) is 0.766. The fourth-order valence-corrected chi connectivity index (χ4v) is 4.14. The van der Waals surface area contributed by atoms with Crippen LogP contribution in [0.5, 0.6) is 5.75 Å². The molecule has 2 aromatic heterocycles. The average molecular weight is 437 g/mol. The SMILES string of the molecule is CN=C(NCc1nc(-c2ccc(OC)cc2)n[nH]1)NCC(O)c1cc2ccccc2s1. The summed E-state index contributed by atoms with van der Waals surface area (Å²) in [5, 5.41) is 25.2. The molecule has 0 aliphatic heterocycles. The number of ether oxygens (including phenoxy) is 1. The fourth-order valence-electron chi connectivity index (χ4n) is 3.09. The van der Waals surface area contributed by atoms with Gasteiger partial charge in [-0.3, -0.25) is 10.1 Å². The molecule has 0 fully saturated rings. The molecule has 160 valence electrons. The maximum atomic E-state index is 10.5. The van der Waals surface area contributed by atoms with E-state index >= 15 is 0 Å². The van der Waals surface area contributed by atoms with Crippen LogP contribution in [0.1, 0.15) is 16.8 Å². The molecule has 0 bridgehead atoms. The van der Waals surface area contributed by atoms with Crippen LogP contribution in [0.4, 0.5) is 0 Å². The van der Waals surface area contributed by atoms with Crippen LogP contribution in [0.3, 0.4) is 0 Å². The van der Waals surface area contributed by atoms with Crippen molar-refractivity contribution in [2.45, 2.75) is 12.6 Å². The van der Waals surface area contributed by atoms with Gasteiger partial charge >= 0.3 is 0 Å². The second-order valence-corrected chi connectivity index (χ2v) is 7.96.